The van der Waals surface area contributed by atoms with E-state index in [9.17, 15) is 0 Å². The van der Waals surface area contributed by atoms with Crippen LogP contribution in [0.5, 0.6) is 0 Å². The average molecular weight is 169 g/mol. The third kappa shape index (κ3) is 4.87. The second-order valence-corrected chi connectivity index (χ2v) is 2.69. The van der Waals surface area contributed by atoms with Gasteiger partial charge in [0.25, 0.3) is 0 Å². The Bertz CT molecular complexity index is 178. The summed E-state index contributed by atoms with van der Waals surface area (Å²) >= 11 is 4.12. The molecule has 0 aromatic carbocycles. The molecule has 2 heteroatoms. The van der Waals surface area contributed by atoms with Gasteiger partial charge in [0.1, 0.15) is 0 Å². The van der Waals surface area contributed by atoms with Crippen molar-refractivity contribution in [2.45, 2.75) is 19.2 Å². The highest BCUT2D eigenvalue weighted by Crippen LogP contribution is 2.05. The van der Waals surface area contributed by atoms with Crippen LogP contribution in [-0.4, -0.2) is 5.37 Å². The van der Waals surface area contributed by atoms with E-state index in [0.29, 0.717) is 0 Å². The molecule has 1 unspecified atom stereocenters. The van der Waals surface area contributed by atoms with Gasteiger partial charge in [0.2, 0.25) is 0 Å². The minimum Gasteiger partial charge on any atom is -0.316 e. The fraction of sp³-hybridized carbons (Fsp3) is 0.333. The van der Waals surface area contributed by atoms with E-state index < -0.39 is 0 Å². The lowest BCUT2D eigenvalue weighted by Crippen LogP contribution is -2.13. The summed E-state index contributed by atoms with van der Waals surface area (Å²) in [5.74, 6) is 0. The molecule has 0 amide bonds. The molecular formula is C9H15NS. The second-order valence-electron chi connectivity index (χ2n) is 2.14. The summed E-state index contributed by atoms with van der Waals surface area (Å²) in [4.78, 5) is 0. The third-order valence-electron chi connectivity index (χ3n) is 1.18. The minimum absolute atomic E-state index is 0.192. The molecule has 0 bridgehead atoms. The van der Waals surface area contributed by atoms with Crippen LogP contribution in [-0.2, 0) is 0 Å². The molecule has 0 aliphatic rings. The third-order valence-corrected chi connectivity index (χ3v) is 1.48. The monoisotopic (exact) mass is 169 g/mol. The van der Waals surface area contributed by atoms with Crippen LogP contribution in [0.25, 0.3) is 0 Å². The van der Waals surface area contributed by atoms with Crippen molar-refractivity contribution in [3.05, 3.63) is 36.0 Å². The predicted octanol–water partition coefficient (Wildman–Crippen LogP) is 2.28. The van der Waals surface area contributed by atoms with Crippen molar-refractivity contribution in [2.24, 2.45) is 5.73 Å². The standard InChI is InChI=1S/C9H15NS/c1-3-5-7-8(6-4-2)9(10)11/h3-7,9,11H,10H2,1-2H3/b5-3-,6-4-,8-7+. The van der Waals surface area contributed by atoms with E-state index >= 15 is 0 Å². The Hall–Kier alpha value is -0.470. The highest BCUT2D eigenvalue weighted by Gasteiger charge is 1.96. The fourth-order valence-electron chi connectivity index (χ4n) is 0.653. The highest BCUT2D eigenvalue weighted by molar-refractivity contribution is 7.81. The predicted molar refractivity (Wildman–Crippen MR) is 54.7 cm³/mol. The minimum atomic E-state index is -0.192. The maximum absolute atomic E-state index is 5.57. The lowest BCUT2D eigenvalue weighted by atomic mass is 10.2. The van der Waals surface area contributed by atoms with Crippen molar-refractivity contribution in [2.75, 3.05) is 0 Å². The molecule has 0 aromatic rings. The van der Waals surface area contributed by atoms with Gasteiger partial charge in [0.05, 0.1) is 5.37 Å². The van der Waals surface area contributed by atoms with E-state index in [1.54, 1.807) is 0 Å². The molecule has 0 saturated carbocycles. The maximum atomic E-state index is 5.57. The Balaban J connectivity index is 4.32. The SMILES string of the molecule is C\C=C/C=C(\C=C/C)C(N)S. The first-order valence-corrected chi connectivity index (χ1v) is 4.13. The molecule has 2 N–H and O–H groups in total. The summed E-state index contributed by atoms with van der Waals surface area (Å²) in [5, 5.41) is -0.192. The zero-order valence-corrected chi connectivity index (χ0v) is 7.88. The summed E-state index contributed by atoms with van der Waals surface area (Å²) in [6, 6.07) is 0. The molecule has 0 aliphatic heterocycles. The second kappa shape index (κ2) is 6.25. The molecule has 0 saturated heterocycles. The van der Waals surface area contributed by atoms with E-state index in [-0.39, 0.29) is 5.37 Å². The van der Waals surface area contributed by atoms with Crippen LogP contribution in [0.15, 0.2) is 36.0 Å². The van der Waals surface area contributed by atoms with Gasteiger partial charge in [0, 0.05) is 0 Å². The van der Waals surface area contributed by atoms with E-state index in [0.717, 1.165) is 5.57 Å². The van der Waals surface area contributed by atoms with Crippen molar-refractivity contribution in [3.63, 3.8) is 0 Å². The maximum Gasteiger partial charge on any atom is 0.0734 e. The topological polar surface area (TPSA) is 26.0 Å². The summed E-state index contributed by atoms with van der Waals surface area (Å²) in [6.45, 7) is 3.92. The largest absolute Gasteiger partial charge is 0.316 e. The highest BCUT2D eigenvalue weighted by atomic mass is 32.1. The summed E-state index contributed by atoms with van der Waals surface area (Å²) in [7, 11) is 0. The Labute approximate surface area is 74.1 Å². The van der Waals surface area contributed by atoms with Crippen molar-refractivity contribution in [3.8, 4) is 0 Å². The molecule has 0 radical (unpaired) electrons. The Morgan fingerprint density at radius 2 is 2.00 bits per heavy atom. The first-order valence-electron chi connectivity index (χ1n) is 3.61. The molecule has 1 atom stereocenters. The smallest absolute Gasteiger partial charge is 0.0734 e. The number of thiol groups is 1. The Kier molecular flexibility index (Phi) is 5.99. The zero-order chi connectivity index (χ0) is 8.69. The number of allylic oxidation sites excluding steroid dienone is 4. The van der Waals surface area contributed by atoms with Gasteiger partial charge < -0.3 is 5.73 Å². The zero-order valence-electron chi connectivity index (χ0n) is 6.99. The van der Waals surface area contributed by atoms with Crippen LogP contribution in [0, 0.1) is 0 Å². The van der Waals surface area contributed by atoms with E-state index in [2.05, 4.69) is 12.6 Å². The quantitative estimate of drug-likeness (QED) is 0.378. The van der Waals surface area contributed by atoms with Gasteiger partial charge in [-0.15, -0.1) is 0 Å². The van der Waals surface area contributed by atoms with Crippen LogP contribution in [0.2, 0.25) is 0 Å². The normalized spacial score (nSPS) is 16.5. The lowest BCUT2D eigenvalue weighted by Gasteiger charge is -2.03. The number of hydrogen-bond donors (Lipinski definition) is 2. The van der Waals surface area contributed by atoms with Gasteiger partial charge in [0.15, 0.2) is 0 Å². The first kappa shape index (κ1) is 10.5. The van der Waals surface area contributed by atoms with Crippen LogP contribution in [0.1, 0.15) is 13.8 Å². The van der Waals surface area contributed by atoms with Gasteiger partial charge in [-0.1, -0.05) is 30.4 Å². The molecule has 0 rings (SSSR count). The molecule has 1 nitrogen and oxygen atoms in total. The van der Waals surface area contributed by atoms with Gasteiger partial charge in [-0.3, -0.25) is 0 Å². The van der Waals surface area contributed by atoms with Gasteiger partial charge in [-0.05, 0) is 19.4 Å². The van der Waals surface area contributed by atoms with E-state index in [1.165, 1.54) is 0 Å². The van der Waals surface area contributed by atoms with Crippen LogP contribution >= 0.6 is 12.6 Å². The van der Waals surface area contributed by atoms with Crippen LogP contribution in [0.3, 0.4) is 0 Å². The van der Waals surface area contributed by atoms with Crippen LogP contribution < -0.4 is 5.73 Å². The molecular weight excluding hydrogens is 154 g/mol. The van der Waals surface area contributed by atoms with E-state index in [1.807, 2.05) is 44.2 Å². The summed E-state index contributed by atoms with van der Waals surface area (Å²) in [5.41, 5.74) is 6.60. The molecule has 0 aromatic heterocycles. The van der Waals surface area contributed by atoms with Gasteiger partial charge in [-0.2, -0.15) is 12.6 Å². The first-order chi connectivity index (χ1) is 5.22. The van der Waals surface area contributed by atoms with Crippen molar-refractivity contribution < 1.29 is 0 Å². The summed E-state index contributed by atoms with van der Waals surface area (Å²) in [6.07, 6.45) is 9.77. The van der Waals surface area contributed by atoms with Crippen molar-refractivity contribution in [1.29, 1.82) is 0 Å². The molecule has 0 fully saturated rings. The van der Waals surface area contributed by atoms with Crippen molar-refractivity contribution >= 4 is 12.6 Å². The summed E-state index contributed by atoms with van der Waals surface area (Å²) < 4.78 is 0. The van der Waals surface area contributed by atoms with Gasteiger partial charge in [-0.25, -0.2) is 0 Å². The number of nitrogens with two attached hydrogens (primary N) is 1. The fourth-order valence-corrected chi connectivity index (χ4v) is 0.825. The number of hydrogen-bond acceptors (Lipinski definition) is 2. The molecule has 62 valence electrons. The van der Waals surface area contributed by atoms with Crippen LogP contribution in [0.4, 0.5) is 0 Å². The molecule has 11 heavy (non-hydrogen) atoms. The molecule has 0 aliphatic carbocycles. The molecule has 0 heterocycles. The Morgan fingerprint density at radius 3 is 2.36 bits per heavy atom. The molecule has 0 spiro atoms. The number of rotatable bonds is 3. The Morgan fingerprint density at radius 1 is 1.36 bits per heavy atom. The lowest BCUT2D eigenvalue weighted by molar-refractivity contribution is 1.11. The average Bonchev–Trinajstić information content (AvgIpc) is 1.97. The van der Waals surface area contributed by atoms with Gasteiger partial charge >= 0.3 is 0 Å². The van der Waals surface area contributed by atoms with Crippen molar-refractivity contribution in [1.82, 2.24) is 0 Å². The van der Waals surface area contributed by atoms with E-state index in [4.69, 9.17) is 5.73 Å².